The van der Waals surface area contributed by atoms with E-state index in [1.165, 1.54) is 4.57 Å². The monoisotopic (exact) mass is 286 g/mol. The van der Waals surface area contributed by atoms with Crippen LogP contribution < -0.4 is 11.2 Å². The molecule has 21 heavy (non-hydrogen) atoms. The van der Waals surface area contributed by atoms with Gasteiger partial charge in [0.1, 0.15) is 5.56 Å². The van der Waals surface area contributed by atoms with Crippen LogP contribution in [0.15, 0.2) is 39.9 Å². The fourth-order valence-corrected chi connectivity index (χ4v) is 2.90. The second-order valence-corrected chi connectivity index (χ2v) is 6.09. The summed E-state index contributed by atoms with van der Waals surface area (Å²) in [5.74, 6) is 0.0856. The van der Waals surface area contributed by atoms with E-state index in [9.17, 15) is 14.7 Å². The Balaban J connectivity index is 2.28. The highest BCUT2D eigenvalue weighted by atomic mass is 16.3. The zero-order chi connectivity index (χ0) is 15.2. The van der Waals surface area contributed by atoms with Crippen LogP contribution in [0.5, 0.6) is 5.88 Å². The molecule has 1 saturated carbocycles. The summed E-state index contributed by atoms with van der Waals surface area (Å²) in [5.41, 5.74) is -0.907. The van der Waals surface area contributed by atoms with Gasteiger partial charge in [0, 0.05) is 5.54 Å². The molecule has 0 radical (unpaired) electrons. The molecule has 1 aromatic heterocycles. The van der Waals surface area contributed by atoms with Gasteiger partial charge in [0.15, 0.2) is 0 Å². The molecule has 1 heterocycles. The number of nitrogens with one attached hydrogen (secondary N) is 1. The van der Waals surface area contributed by atoms with Crippen LogP contribution in [0.2, 0.25) is 0 Å². The summed E-state index contributed by atoms with van der Waals surface area (Å²) in [4.78, 5) is 26.6. The van der Waals surface area contributed by atoms with Gasteiger partial charge in [0.25, 0.3) is 5.56 Å². The number of hydrogen-bond acceptors (Lipinski definition) is 3. The second-order valence-electron chi connectivity index (χ2n) is 6.09. The highest BCUT2D eigenvalue weighted by molar-refractivity contribution is 5.67. The standard InChI is InChI=1S/C16H18N2O3/c1-16(2,11-8-9-11)18-14(20)12(13(19)17-15(18)21)10-6-4-3-5-7-10/h3-7,11,20H,8-9H2,1-2H3,(H,17,19,21). The Labute approximate surface area is 121 Å². The molecule has 0 aliphatic heterocycles. The van der Waals surface area contributed by atoms with E-state index in [2.05, 4.69) is 4.98 Å². The summed E-state index contributed by atoms with van der Waals surface area (Å²) in [6, 6.07) is 8.89. The van der Waals surface area contributed by atoms with Crippen molar-refractivity contribution in [2.24, 2.45) is 5.92 Å². The number of hydrogen-bond donors (Lipinski definition) is 2. The SMILES string of the molecule is CC(C)(C1CC1)n1c(O)c(-c2ccccc2)c(=O)[nH]c1=O. The lowest BCUT2D eigenvalue weighted by molar-refractivity contribution is 0.251. The maximum Gasteiger partial charge on any atom is 0.331 e. The second kappa shape index (κ2) is 4.62. The van der Waals surface area contributed by atoms with E-state index in [1.54, 1.807) is 24.3 Å². The summed E-state index contributed by atoms with van der Waals surface area (Å²) < 4.78 is 1.31. The average Bonchev–Trinajstić information content (AvgIpc) is 3.23. The zero-order valence-electron chi connectivity index (χ0n) is 12.1. The van der Waals surface area contributed by atoms with E-state index in [4.69, 9.17) is 0 Å². The average molecular weight is 286 g/mol. The highest BCUT2D eigenvalue weighted by Crippen LogP contribution is 2.45. The molecular weight excluding hydrogens is 268 g/mol. The topological polar surface area (TPSA) is 75.1 Å². The normalized spacial score (nSPS) is 15.1. The molecule has 0 unspecified atom stereocenters. The number of nitrogens with zero attached hydrogens (tertiary/aromatic N) is 1. The van der Waals surface area contributed by atoms with Gasteiger partial charge < -0.3 is 5.11 Å². The fourth-order valence-electron chi connectivity index (χ4n) is 2.90. The van der Waals surface area contributed by atoms with Crippen molar-refractivity contribution in [3.8, 4) is 17.0 Å². The molecule has 0 amide bonds. The van der Waals surface area contributed by atoms with Crippen LogP contribution in [0.25, 0.3) is 11.1 Å². The Bertz CT molecular complexity index is 783. The summed E-state index contributed by atoms with van der Waals surface area (Å²) in [6.45, 7) is 3.83. The molecule has 5 heteroatoms. The van der Waals surface area contributed by atoms with E-state index in [1.807, 2.05) is 19.9 Å². The minimum absolute atomic E-state index is 0.143. The molecule has 0 saturated heterocycles. The number of H-pyrrole nitrogens is 1. The first-order chi connectivity index (χ1) is 9.93. The smallest absolute Gasteiger partial charge is 0.331 e. The van der Waals surface area contributed by atoms with Crippen molar-refractivity contribution in [2.75, 3.05) is 0 Å². The van der Waals surface area contributed by atoms with E-state index >= 15 is 0 Å². The molecule has 0 atom stereocenters. The van der Waals surface area contributed by atoms with Crippen LogP contribution in [-0.2, 0) is 5.54 Å². The van der Waals surface area contributed by atoms with E-state index < -0.39 is 16.8 Å². The zero-order valence-corrected chi connectivity index (χ0v) is 12.1. The van der Waals surface area contributed by atoms with Gasteiger partial charge in [-0.05, 0) is 38.2 Å². The van der Waals surface area contributed by atoms with Crippen LogP contribution >= 0.6 is 0 Å². The first-order valence-electron chi connectivity index (χ1n) is 7.07. The van der Waals surface area contributed by atoms with Crippen molar-refractivity contribution in [1.29, 1.82) is 0 Å². The van der Waals surface area contributed by atoms with E-state index in [0.29, 0.717) is 11.5 Å². The molecule has 0 bridgehead atoms. The van der Waals surface area contributed by atoms with Gasteiger partial charge >= 0.3 is 5.69 Å². The van der Waals surface area contributed by atoms with E-state index in [0.717, 1.165) is 12.8 Å². The third-order valence-corrected chi connectivity index (χ3v) is 4.30. The fraction of sp³-hybridized carbons (Fsp3) is 0.375. The summed E-state index contributed by atoms with van der Waals surface area (Å²) in [6.07, 6.45) is 2.05. The molecule has 110 valence electrons. The summed E-state index contributed by atoms with van der Waals surface area (Å²) in [7, 11) is 0. The molecule has 1 aliphatic rings. The minimum Gasteiger partial charge on any atom is -0.494 e. The molecule has 2 aromatic rings. The highest BCUT2D eigenvalue weighted by Gasteiger charge is 2.41. The van der Waals surface area contributed by atoms with Gasteiger partial charge in [-0.3, -0.25) is 14.3 Å². The number of rotatable bonds is 3. The van der Waals surface area contributed by atoms with Crippen molar-refractivity contribution in [1.82, 2.24) is 9.55 Å². The van der Waals surface area contributed by atoms with Crippen LogP contribution in [0.1, 0.15) is 26.7 Å². The third kappa shape index (κ3) is 2.18. The molecular formula is C16H18N2O3. The Morgan fingerprint density at radius 1 is 1.19 bits per heavy atom. The predicted octanol–water partition coefficient (Wildman–Crippen LogP) is 2.05. The largest absolute Gasteiger partial charge is 0.494 e. The molecule has 1 fully saturated rings. The molecule has 1 aromatic carbocycles. The van der Waals surface area contributed by atoms with Crippen LogP contribution in [0.3, 0.4) is 0 Å². The maximum absolute atomic E-state index is 12.2. The van der Waals surface area contributed by atoms with Gasteiger partial charge in [-0.2, -0.15) is 0 Å². The Morgan fingerprint density at radius 3 is 2.38 bits per heavy atom. The van der Waals surface area contributed by atoms with Crippen LogP contribution in [-0.4, -0.2) is 14.7 Å². The Morgan fingerprint density at radius 2 is 1.81 bits per heavy atom. The maximum atomic E-state index is 12.2. The molecule has 3 rings (SSSR count). The van der Waals surface area contributed by atoms with E-state index in [-0.39, 0.29) is 11.4 Å². The quantitative estimate of drug-likeness (QED) is 0.906. The lowest BCUT2D eigenvalue weighted by Crippen LogP contribution is -2.42. The Hall–Kier alpha value is -2.30. The number of aromatic nitrogens is 2. The molecule has 0 spiro atoms. The lowest BCUT2D eigenvalue weighted by atomic mass is 9.97. The first-order valence-corrected chi connectivity index (χ1v) is 7.07. The summed E-state index contributed by atoms with van der Waals surface area (Å²) in [5, 5.41) is 10.6. The number of aromatic hydroxyl groups is 1. The van der Waals surface area contributed by atoms with Gasteiger partial charge in [-0.15, -0.1) is 0 Å². The van der Waals surface area contributed by atoms with Crippen LogP contribution in [0.4, 0.5) is 0 Å². The van der Waals surface area contributed by atoms with Gasteiger partial charge in [-0.25, -0.2) is 4.79 Å². The number of benzene rings is 1. The lowest BCUT2D eigenvalue weighted by Gasteiger charge is -2.28. The van der Waals surface area contributed by atoms with Crippen molar-refractivity contribution in [2.45, 2.75) is 32.2 Å². The van der Waals surface area contributed by atoms with Crippen molar-refractivity contribution >= 4 is 0 Å². The van der Waals surface area contributed by atoms with Crippen molar-refractivity contribution in [3.05, 3.63) is 51.2 Å². The predicted molar refractivity (Wildman–Crippen MR) is 80.5 cm³/mol. The van der Waals surface area contributed by atoms with Gasteiger partial charge in [-0.1, -0.05) is 30.3 Å². The van der Waals surface area contributed by atoms with Gasteiger partial charge in [0.05, 0.1) is 0 Å². The molecule has 2 N–H and O–H groups in total. The van der Waals surface area contributed by atoms with Gasteiger partial charge in [0.2, 0.25) is 5.88 Å². The first kappa shape index (κ1) is 13.7. The van der Waals surface area contributed by atoms with Crippen LogP contribution in [0, 0.1) is 5.92 Å². The number of aromatic amines is 1. The van der Waals surface area contributed by atoms with Crippen molar-refractivity contribution < 1.29 is 5.11 Å². The third-order valence-electron chi connectivity index (χ3n) is 4.30. The molecule has 5 nitrogen and oxygen atoms in total. The van der Waals surface area contributed by atoms with Crippen molar-refractivity contribution in [3.63, 3.8) is 0 Å². The molecule has 1 aliphatic carbocycles. The summed E-state index contributed by atoms with van der Waals surface area (Å²) >= 11 is 0. The Kier molecular flexibility index (Phi) is 3.01. The minimum atomic E-state index is -0.563.